The summed E-state index contributed by atoms with van der Waals surface area (Å²) in [5.74, 6) is -0.492. The number of thiocarbonyl (C=S) groups is 1. The minimum atomic E-state index is -3.51. The number of sulfonamides is 1. The summed E-state index contributed by atoms with van der Waals surface area (Å²) in [5, 5.41) is 11.8. The number of cyclic esters (lactones) is 1. The van der Waals surface area contributed by atoms with Crippen LogP contribution in [-0.4, -0.2) is 74.9 Å². The predicted octanol–water partition coefficient (Wildman–Crippen LogP) is 1.31. The Hall–Kier alpha value is -2.42. The van der Waals surface area contributed by atoms with E-state index < -0.39 is 15.8 Å². The minimum absolute atomic E-state index is 0.259. The molecule has 0 aromatic heterocycles. The highest BCUT2D eigenvalue weighted by molar-refractivity contribution is 7.89. The van der Waals surface area contributed by atoms with Crippen LogP contribution in [0.5, 0.6) is 0 Å². The van der Waals surface area contributed by atoms with Gasteiger partial charge in [-0.3, -0.25) is 4.90 Å². The Bertz CT molecular complexity index is 921. The number of hydrogen-bond acceptors (Lipinski definition) is 7. The molecule has 2 aliphatic heterocycles. The third-order valence-electron chi connectivity index (χ3n) is 5.13. The van der Waals surface area contributed by atoms with Gasteiger partial charge in [0, 0.05) is 37.6 Å². The van der Waals surface area contributed by atoms with Gasteiger partial charge in [0.05, 0.1) is 24.1 Å². The molecule has 1 N–H and O–H groups in total. The average molecular weight is 452 g/mol. The van der Waals surface area contributed by atoms with Crippen LogP contribution in [0.3, 0.4) is 0 Å². The third-order valence-corrected chi connectivity index (χ3v) is 7.21. The lowest BCUT2D eigenvalue weighted by molar-refractivity contribution is 0.143. The summed E-state index contributed by atoms with van der Waals surface area (Å²) in [6.45, 7) is 4.69. The van der Waals surface area contributed by atoms with E-state index in [0.29, 0.717) is 39.3 Å². The van der Waals surface area contributed by atoms with E-state index >= 15 is 0 Å². The highest BCUT2D eigenvalue weighted by atomic mass is 32.2. The van der Waals surface area contributed by atoms with Crippen molar-refractivity contribution in [2.24, 2.45) is 0 Å². The van der Waals surface area contributed by atoms with Crippen molar-refractivity contribution in [3.8, 4) is 6.07 Å². The summed E-state index contributed by atoms with van der Waals surface area (Å²) in [6.07, 6.45) is 0.109. The number of piperazine rings is 1. The molecule has 0 spiro atoms. The van der Waals surface area contributed by atoms with Crippen LogP contribution in [0.2, 0.25) is 0 Å². The van der Waals surface area contributed by atoms with Gasteiger partial charge in [-0.2, -0.15) is 9.57 Å². The molecular formula is C19H25N5O4S2. The number of anilines is 2. The summed E-state index contributed by atoms with van der Waals surface area (Å²) < 4.78 is 30.8. The average Bonchev–Trinajstić information content (AvgIpc) is 3.12. The van der Waals surface area contributed by atoms with Crippen molar-refractivity contribution >= 4 is 44.7 Å². The molecule has 0 bridgehead atoms. The number of rotatable bonds is 7. The fraction of sp³-hybridized carbons (Fsp3) is 0.526. The first-order valence-corrected chi connectivity index (χ1v) is 11.8. The van der Waals surface area contributed by atoms with Crippen molar-refractivity contribution in [2.45, 2.75) is 19.4 Å². The molecule has 9 nitrogen and oxygen atoms in total. The lowest BCUT2D eigenvalue weighted by atomic mass is 10.2. The smallest absolute Gasteiger partial charge is 0.414 e. The maximum Gasteiger partial charge on any atom is 0.414 e. The van der Waals surface area contributed by atoms with Crippen LogP contribution in [0.4, 0.5) is 16.2 Å². The number of nitriles is 1. The van der Waals surface area contributed by atoms with Crippen LogP contribution in [0.15, 0.2) is 24.3 Å². The molecule has 2 saturated heterocycles. The molecule has 0 aliphatic carbocycles. The van der Waals surface area contributed by atoms with Crippen molar-refractivity contribution in [3.63, 3.8) is 0 Å². The van der Waals surface area contributed by atoms with E-state index in [2.05, 4.69) is 10.2 Å². The van der Waals surface area contributed by atoms with Crippen LogP contribution in [-0.2, 0) is 14.8 Å². The molecule has 1 aromatic rings. The molecule has 30 heavy (non-hydrogen) atoms. The summed E-state index contributed by atoms with van der Waals surface area (Å²) in [5.41, 5.74) is 1.70. The molecular weight excluding hydrogens is 426 g/mol. The zero-order valence-corrected chi connectivity index (χ0v) is 18.4. The van der Waals surface area contributed by atoms with Gasteiger partial charge in [0.1, 0.15) is 6.10 Å². The summed E-state index contributed by atoms with van der Waals surface area (Å²) in [6, 6.07) is 9.27. The van der Waals surface area contributed by atoms with E-state index in [9.17, 15) is 13.2 Å². The molecule has 0 radical (unpaired) electrons. The number of benzene rings is 1. The van der Waals surface area contributed by atoms with Crippen molar-refractivity contribution in [2.75, 3.05) is 54.8 Å². The van der Waals surface area contributed by atoms with Gasteiger partial charge in [-0.25, -0.2) is 13.2 Å². The zero-order chi connectivity index (χ0) is 21.7. The molecule has 162 valence electrons. The van der Waals surface area contributed by atoms with E-state index in [0.717, 1.165) is 22.8 Å². The Labute approximate surface area is 182 Å². The van der Waals surface area contributed by atoms with Gasteiger partial charge in [-0.15, -0.1) is 0 Å². The lowest BCUT2D eigenvalue weighted by Gasteiger charge is -2.35. The maximum atomic E-state index is 12.2. The van der Waals surface area contributed by atoms with Crippen LogP contribution in [0.25, 0.3) is 0 Å². The molecule has 11 heteroatoms. The fourth-order valence-corrected chi connectivity index (χ4v) is 4.58. The summed E-state index contributed by atoms with van der Waals surface area (Å²) in [4.78, 5) is 16.6. The Morgan fingerprint density at radius 1 is 1.23 bits per heavy atom. The van der Waals surface area contributed by atoms with Gasteiger partial charge in [-0.1, -0.05) is 19.1 Å². The van der Waals surface area contributed by atoms with Gasteiger partial charge in [0.2, 0.25) is 10.0 Å². The molecule has 1 aromatic carbocycles. The fourth-order valence-electron chi connectivity index (χ4n) is 3.43. The summed E-state index contributed by atoms with van der Waals surface area (Å²) in [7, 11) is -3.51. The predicted molar refractivity (Wildman–Crippen MR) is 118 cm³/mol. The van der Waals surface area contributed by atoms with Crippen LogP contribution < -0.4 is 15.1 Å². The highest BCUT2D eigenvalue weighted by Crippen LogP contribution is 2.25. The largest absolute Gasteiger partial charge is 0.442 e. The van der Waals surface area contributed by atoms with Crippen molar-refractivity contribution < 1.29 is 17.9 Å². The van der Waals surface area contributed by atoms with Crippen molar-refractivity contribution in [1.82, 2.24) is 9.62 Å². The Balaban J connectivity index is 1.56. The van der Waals surface area contributed by atoms with Crippen LogP contribution >= 0.6 is 12.2 Å². The first kappa shape index (κ1) is 22.3. The van der Waals surface area contributed by atoms with Crippen molar-refractivity contribution in [1.29, 1.82) is 5.26 Å². The van der Waals surface area contributed by atoms with Crippen LogP contribution in [0.1, 0.15) is 13.3 Å². The number of hydrogen-bond donors (Lipinski definition) is 1. The Morgan fingerprint density at radius 2 is 1.87 bits per heavy atom. The Kier molecular flexibility index (Phi) is 7.12. The Morgan fingerprint density at radius 3 is 2.47 bits per heavy atom. The summed E-state index contributed by atoms with van der Waals surface area (Å²) >= 11 is 5.14. The van der Waals surface area contributed by atoms with Gasteiger partial charge < -0.3 is 15.0 Å². The maximum absolute atomic E-state index is 12.2. The number of nitrogens with one attached hydrogen (secondary N) is 1. The van der Waals surface area contributed by atoms with Crippen LogP contribution in [0, 0.1) is 11.3 Å². The number of ether oxygens (including phenoxy) is 1. The minimum Gasteiger partial charge on any atom is -0.442 e. The molecule has 0 saturated carbocycles. The third kappa shape index (κ3) is 5.19. The lowest BCUT2D eigenvalue weighted by Crippen LogP contribution is -2.49. The first-order chi connectivity index (χ1) is 14.3. The molecule has 1 atom stereocenters. The molecule has 2 aliphatic rings. The van der Waals surface area contributed by atoms with E-state index in [4.69, 9.17) is 22.2 Å². The second-order valence-corrected chi connectivity index (χ2v) is 9.55. The standard InChI is InChI=1S/C19H25N5O4S2/c1-2-18(29)21-13-17-14-24(19(25)28-17)16-5-3-15(4-6-16)22-8-10-23(11-9-22)30(26,27)12-7-20/h3-6,17H,2,8-14H2,1H3,(H,21,29)/t17-/m0/s1. The SMILES string of the molecule is CCC(=S)NC[C@H]1CN(c2ccc(N3CCN(S(=O)(=O)CC#N)CC3)cc2)C(=O)O1. The van der Waals surface area contributed by atoms with E-state index in [1.54, 1.807) is 11.0 Å². The second-order valence-electron chi connectivity index (χ2n) is 7.09. The van der Waals surface area contributed by atoms with Gasteiger partial charge >= 0.3 is 6.09 Å². The van der Waals surface area contributed by atoms with E-state index in [1.807, 2.05) is 31.2 Å². The molecule has 2 fully saturated rings. The van der Waals surface area contributed by atoms with Gasteiger partial charge in [0.25, 0.3) is 0 Å². The van der Waals surface area contributed by atoms with Gasteiger partial charge in [-0.05, 0) is 30.7 Å². The number of nitrogens with zero attached hydrogens (tertiary/aromatic N) is 4. The number of amides is 1. The molecule has 1 amide bonds. The normalized spacial score (nSPS) is 20.0. The second kappa shape index (κ2) is 9.59. The van der Waals surface area contributed by atoms with Gasteiger partial charge in [0.15, 0.2) is 5.75 Å². The zero-order valence-electron chi connectivity index (χ0n) is 16.8. The highest BCUT2D eigenvalue weighted by Gasteiger charge is 2.32. The molecule has 3 rings (SSSR count). The molecule has 0 unspecified atom stereocenters. The van der Waals surface area contributed by atoms with Crippen molar-refractivity contribution in [3.05, 3.63) is 24.3 Å². The number of carbonyl (C=O) groups is 1. The topological polar surface area (TPSA) is 106 Å². The quantitative estimate of drug-likeness (QED) is 0.619. The molecule has 2 heterocycles. The first-order valence-electron chi connectivity index (χ1n) is 9.78. The van der Waals surface area contributed by atoms with E-state index in [1.165, 1.54) is 4.31 Å². The van der Waals surface area contributed by atoms with E-state index in [-0.39, 0.29) is 12.2 Å². The monoisotopic (exact) mass is 451 g/mol. The number of carbonyl (C=O) groups excluding carboxylic acids is 1.